The number of rotatable bonds is 7. The lowest BCUT2D eigenvalue weighted by atomic mass is 10.2. The van der Waals surface area contributed by atoms with Gasteiger partial charge in [-0.15, -0.1) is 0 Å². The monoisotopic (exact) mass is 431 g/mol. The molecule has 1 saturated heterocycles. The van der Waals surface area contributed by atoms with Gasteiger partial charge in [0.15, 0.2) is 0 Å². The van der Waals surface area contributed by atoms with Crippen LogP contribution in [0.3, 0.4) is 0 Å². The van der Waals surface area contributed by atoms with E-state index in [-0.39, 0.29) is 10.8 Å². The Kier molecular flexibility index (Phi) is 7.12. The highest BCUT2D eigenvalue weighted by atomic mass is 32.2. The van der Waals surface area contributed by atoms with Gasteiger partial charge in [0.2, 0.25) is 10.0 Å². The number of nitrogens with zero attached hydrogens (tertiary/aromatic N) is 2. The molecule has 1 aliphatic rings. The minimum absolute atomic E-state index is 0.180. The van der Waals surface area contributed by atoms with Gasteiger partial charge in [0, 0.05) is 37.4 Å². The molecule has 2 aromatic carbocycles. The summed E-state index contributed by atoms with van der Waals surface area (Å²) in [6, 6.07) is 13.3. The number of carbonyl (C=O) groups is 1. The lowest BCUT2D eigenvalue weighted by Crippen LogP contribution is -2.47. The van der Waals surface area contributed by atoms with Gasteiger partial charge >= 0.3 is 0 Å². The number of hydrogen-bond acceptors (Lipinski definition) is 5. The van der Waals surface area contributed by atoms with Crippen molar-refractivity contribution in [1.82, 2.24) is 9.21 Å². The molecule has 3 rings (SSSR count). The predicted octanol–water partition coefficient (Wildman–Crippen LogP) is 2.91. The molecule has 0 saturated carbocycles. The topological polar surface area (TPSA) is 78.9 Å². The third-order valence-electron chi connectivity index (χ3n) is 4.87. The van der Waals surface area contributed by atoms with Gasteiger partial charge in [-0.1, -0.05) is 26.0 Å². The van der Waals surface area contributed by atoms with Gasteiger partial charge < -0.3 is 15.0 Å². The maximum Gasteiger partial charge on any atom is 0.255 e. The van der Waals surface area contributed by atoms with Crippen molar-refractivity contribution >= 4 is 21.6 Å². The first-order valence-corrected chi connectivity index (χ1v) is 11.5. The molecular formula is C22H29N3O4S. The number of hydrogen-bond donors (Lipinski definition) is 1. The van der Waals surface area contributed by atoms with Crippen LogP contribution >= 0.6 is 0 Å². The van der Waals surface area contributed by atoms with E-state index in [1.807, 2.05) is 13.1 Å². The van der Waals surface area contributed by atoms with Crippen LogP contribution in [0.15, 0.2) is 53.4 Å². The largest absolute Gasteiger partial charge is 0.493 e. The fourth-order valence-corrected chi connectivity index (χ4v) is 4.57. The minimum atomic E-state index is -3.60. The van der Waals surface area contributed by atoms with Crippen LogP contribution in [0.1, 0.15) is 24.2 Å². The Morgan fingerprint density at radius 2 is 1.77 bits per heavy atom. The molecular weight excluding hydrogens is 402 g/mol. The molecule has 0 bridgehead atoms. The van der Waals surface area contributed by atoms with E-state index in [4.69, 9.17) is 4.74 Å². The second kappa shape index (κ2) is 9.59. The molecule has 8 heteroatoms. The van der Waals surface area contributed by atoms with Crippen LogP contribution in [0.4, 0.5) is 5.69 Å². The second-order valence-electron chi connectivity index (χ2n) is 7.92. The van der Waals surface area contributed by atoms with Gasteiger partial charge in [-0.25, -0.2) is 8.42 Å². The van der Waals surface area contributed by atoms with Crippen molar-refractivity contribution in [2.24, 2.45) is 5.92 Å². The summed E-state index contributed by atoms with van der Waals surface area (Å²) < 4.78 is 33.1. The molecule has 0 aliphatic carbocycles. The number of benzene rings is 2. The first-order chi connectivity index (χ1) is 14.3. The molecule has 1 heterocycles. The van der Waals surface area contributed by atoms with Crippen LogP contribution in [0.5, 0.6) is 5.75 Å². The maximum atomic E-state index is 13.0. The van der Waals surface area contributed by atoms with Crippen LogP contribution in [-0.2, 0) is 10.0 Å². The van der Waals surface area contributed by atoms with Gasteiger partial charge in [0.1, 0.15) is 5.75 Å². The van der Waals surface area contributed by atoms with E-state index in [0.717, 1.165) is 0 Å². The van der Waals surface area contributed by atoms with Crippen LogP contribution in [-0.4, -0.2) is 63.4 Å². The molecule has 162 valence electrons. The van der Waals surface area contributed by atoms with Gasteiger partial charge in [-0.05, 0) is 49.4 Å². The Bertz CT molecular complexity index is 983. The first-order valence-electron chi connectivity index (χ1n) is 10.1. The van der Waals surface area contributed by atoms with Crippen molar-refractivity contribution in [3.05, 3.63) is 54.1 Å². The number of likely N-dealkylation sites (N-methyl/N-ethyl adjacent to an activating group) is 1. The van der Waals surface area contributed by atoms with E-state index < -0.39 is 10.0 Å². The van der Waals surface area contributed by atoms with Crippen LogP contribution in [0, 0.1) is 5.92 Å². The summed E-state index contributed by atoms with van der Waals surface area (Å²) in [6.07, 6.45) is 0. The van der Waals surface area contributed by atoms with E-state index in [9.17, 15) is 13.2 Å². The van der Waals surface area contributed by atoms with Crippen LogP contribution in [0.25, 0.3) is 0 Å². The van der Waals surface area contributed by atoms with E-state index in [0.29, 0.717) is 55.7 Å². The third-order valence-corrected chi connectivity index (χ3v) is 6.77. The van der Waals surface area contributed by atoms with Crippen molar-refractivity contribution in [3.8, 4) is 5.75 Å². The summed E-state index contributed by atoms with van der Waals surface area (Å²) in [5.41, 5.74) is 0.882. The summed E-state index contributed by atoms with van der Waals surface area (Å²) in [6.45, 7) is 6.99. The Hall–Kier alpha value is -2.42. The number of anilines is 1. The molecule has 0 aromatic heterocycles. The number of amides is 1. The fraction of sp³-hybridized carbons (Fsp3) is 0.409. The average molecular weight is 432 g/mol. The Morgan fingerprint density at radius 3 is 2.47 bits per heavy atom. The van der Waals surface area contributed by atoms with E-state index in [1.54, 1.807) is 36.4 Å². The molecule has 0 atom stereocenters. The van der Waals surface area contributed by atoms with Gasteiger partial charge in [0.05, 0.1) is 11.5 Å². The van der Waals surface area contributed by atoms with Gasteiger partial charge in [-0.2, -0.15) is 4.31 Å². The number of ether oxygens (including phenoxy) is 1. The second-order valence-corrected chi connectivity index (χ2v) is 9.86. The summed E-state index contributed by atoms with van der Waals surface area (Å²) in [5, 5.41) is 2.79. The summed E-state index contributed by atoms with van der Waals surface area (Å²) >= 11 is 0. The highest BCUT2D eigenvalue weighted by molar-refractivity contribution is 7.89. The van der Waals surface area contributed by atoms with Crippen LogP contribution < -0.4 is 10.1 Å². The zero-order valence-corrected chi connectivity index (χ0v) is 18.5. The predicted molar refractivity (Wildman–Crippen MR) is 117 cm³/mol. The van der Waals surface area contributed by atoms with Crippen molar-refractivity contribution in [1.29, 1.82) is 0 Å². The number of nitrogens with one attached hydrogen (secondary N) is 1. The zero-order chi connectivity index (χ0) is 21.7. The van der Waals surface area contributed by atoms with E-state index in [1.165, 1.54) is 10.4 Å². The molecule has 2 aromatic rings. The standard InChI is InChI=1S/C22H29N3O4S/c1-17(2)16-29-20-8-4-6-18(14-20)22(26)23-19-7-5-9-21(15-19)30(27,28)25-12-10-24(3)11-13-25/h4-9,14-15,17H,10-13,16H2,1-3H3,(H,23,26). The van der Waals surface area contributed by atoms with Crippen molar-refractivity contribution in [3.63, 3.8) is 0 Å². The lowest BCUT2D eigenvalue weighted by Gasteiger charge is -2.31. The number of piperazine rings is 1. The molecule has 30 heavy (non-hydrogen) atoms. The molecule has 0 unspecified atom stereocenters. The Labute approximate surface area is 178 Å². The SMILES string of the molecule is CC(C)COc1cccc(C(=O)Nc2cccc(S(=O)(=O)N3CCN(C)CC3)c2)c1. The lowest BCUT2D eigenvalue weighted by molar-refractivity contribution is 0.102. The molecule has 7 nitrogen and oxygen atoms in total. The molecule has 1 fully saturated rings. The Morgan fingerprint density at radius 1 is 1.07 bits per heavy atom. The van der Waals surface area contributed by atoms with E-state index in [2.05, 4.69) is 24.1 Å². The summed E-state index contributed by atoms with van der Waals surface area (Å²) in [4.78, 5) is 14.9. The van der Waals surface area contributed by atoms with Gasteiger partial charge in [0.25, 0.3) is 5.91 Å². The number of carbonyl (C=O) groups excluding carboxylic acids is 1. The molecule has 0 spiro atoms. The number of sulfonamides is 1. The smallest absolute Gasteiger partial charge is 0.255 e. The maximum absolute atomic E-state index is 13.0. The Balaban J connectivity index is 1.72. The summed E-state index contributed by atoms with van der Waals surface area (Å²) in [5.74, 6) is 0.689. The highest BCUT2D eigenvalue weighted by Gasteiger charge is 2.27. The highest BCUT2D eigenvalue weighted by Crippen LogP contribution is 2.22. The quantitative estimate of drug-likeness (QED) is 0.729. The zero-order valence-electron chi connectivity index (χ0n) is 17.7. The van der Waals surface area contributed by atoms with Crippen molar-refractivity contribution in [2.45, 2.75) is 18.7 Å². The third kappa shape index (κ3) is 5.59. The van der Waals surface area contributed by atoms with E-state index >= 15 is 0 Å². The minimum Gasteiger partial charge on any atom is -0.493 e. The fourth-order valence-electron chi connectivity index (χ4n) is 3.11. The molecule has 1 amide bonds. The molecule has 1 aliphatic heterocycles. The van der Waals surface area contributed by atoms with Crippen LogP contribution in [0.2, 0.25) is 0 Å². The average Bonchev–Trinajstić information content (AvgIpc) is 2.73. The molecule has 1 N–H and O–H groups in total. The van der Waals surface area contributed by atoms with Crippen molar-refractivity contribution in [2.75, 3.05) is 45.2 Å². The first kappa shape index (κ1) is 22.3. The summed E-state index contributed by atoms with van der Waals surface area (Å²) in [7, 11) is -1.62. The normalized spacial score (nSPS) is 15.9. The van der Waals surface area contributed by atoms with Crippen molar-refractivity contribution < 1.29 is 17.9 Å². The molecule has 0 radical (unpaired) electrons. The van der Waals surface area contributed by atoms with Gasteiger partial charge in [-0.3, -0.25) is 4.79 Å².